The van der Waals surface area contributed by atoms with Gasteiger partial charge in [-0.2, -0.15) is 0 Å². The van der Waals surface area contributed by atoms with Gasteiger partial charge in [0.1, 0.15) is 37.1 Å². The van der Waals surface area contributed by atoms with Gasteiger partial charge in [-0.1, -0.05) is 30.3 Å². The predicted octanol–water partition coefficient (Wildman–Crippen LogP) is 0.204. The van der Waals surface area contributed by atoms with Crippen LogP contribution in [0.15, 0.2) is 30.3 Å². The van der Waals surface area contributed by atoms with Crippen LogP contribution in [0.2, 0.25) is 0 Å². The zero-order valence-electron chi connectivity index (χ0n) is 25.3. The summed E-state index contributed by atoms with van der Waals surface area (Å²) >= 11 is 0. The zero-order valence-corrected chi connectivity index (χ0v) is 25.3. The fourth-order valence-corrected chi connectivity index (χ4v) is 4.72. The highest BCUT2D eigenvalue weighted by Crippen LogP contribution is 2.34. The molecule has 1 aromatic rings. The van der Waals surface area contributed by atoms with Crippen LogP contribution >= 0.6 is 0 Å². The van der Waals surface area contributed by atoms with Crippen molar-refractivity contribution in [3.63, 3.8) is 0 Å². The topological polar surface area (TPSA) is 210 Å². The Morgan fingerprint density at radius 2 is 1.38 bits per heavy atom. The molecule has 10 atom stereocenters. The number of carbonyl (C=O) groups is 4. The van der Waals surface area contributed by atoms with Crippen LogP contribution in [0.4, 0.5) is 9.59 Å². The average Bonchev–Trinajstić information content (AvgIpc) is 3.02. The van der Waals surface area contributed by atoms with Crippen molar-refractivity contribution in [3.8, 4) is 0 Å². The molecule has 2 aliphatic heterocycles. The second-order valence-electron chi connectivity index (χ2n) is 9.81. The summed E-state index contributed by atoms with van der Waals surface area (Å²) in [5.41, 5.74) is 0.738. The molecular formula is C28H38O17. The van der Waals surface area contributed by atoms with Crippen LogP contribution in [0.1, 0.15) is 19.4 Å². The number of hydrogen-bond donors (Lipinski definition) is 2. The Kier molecular flexibility index (Phi) is 13.7. The van der Waals surface area contributed by atoms with E-state index in [-0.39, 0.29) is 6.61 Å². The first-order valence-corrected chi connectivity index (χ1v) is 13.8. The summed E-state index contributed by atoms with van der Waals surface area (Å²) in [6.45, 7) is 1.04. The molecule has 45 heavy (non-hydrogen) atoms. The standard InChI is InChI=1S/C28H38O17/c1-14(30)38-13-18-20(40-15(2)31)22(44-27(33)36-4)24(45-28(34)37-5)26(42-18)43-23-21(39-12-16-9-7-6-8-10-16)19(32)17(11-29)41-25(23)35-3/h6-10,17-26,29,32H,11-13H2,1-5H3/t17-,18-,19+,20-,21+,22+,23-,24-,25+,26+/m1/s1. The molecule has 0 saturated carbocycles. The van der Waals surface area contributed by atoms with Gasteiger partial charge in [0.25, 0.3) is 0 Å². The second kappa shape index (κ2) is 17.2. The summed E-state index contributed by atoms with van der Waals surface area (Å²) in [6, 6.07) is 8.96. The number of esters is 2. The molecule has 0 radical (unpaired) electrons. The van der Waals surface area contributed by atoms with Gasteiger partial charge in [0, 0.05) is 21.0 Å². The lowest BCUT2D eigenvalue weighted by Gasteiger charge is -2.48. The second-order valence-corrected chi connectivity index (χ2v) is 9.81. The van der Waals surface area contributed by atoms with Crippen LogP contribution in [0.5, 0.6) is 0 Å². The smallest absolute Gasteiger partial charge is 0.463 e. The SMILES string of the molecule is COC(=O)O[C@@H]1[C@@H](OC(=O)OC)[C@H](O[C@H]2[C@@H](OC)O[C@H](CO)[C@H](O)[C@@H]2OCc2ccccc2)O[C@H](COC(C)=O)[C@H]1OC(C)=O. The summed E-state index contributed by atoms with van der Waals surface area (Å²) in [7, 11) is 3.30. The fourth-order valence-electron chi connectivity index (χ4n) is 4.72. The molecule has 0 unspecified atom stereocenters. The summed E-state index contributed by atoms with van der Waals surface area (Å²) in [6.07, 6.45) is -17.1. The predicted molar refractivity (Wildman–Crippen MR) is 144 cm³/mol. The van der Waals surface area contributed by atoms with E-state index >= 15 is 0 Å². The number of rotatable bonds is 12. The molecule has 17 nitrogen and oxygen atoms in total. The Bertz CT molecular complexity index is 1120. The first kappa shape index (κ1) is 35.9. The third-order valence-electron chi connectivity index (χ3n) is 6.75. The van der Waals surface area contributed by atoms with Crippen molar-refractivity contribution in [2.24, 2.45) is 0 Å². The van der Waals surface area contributed by atoms with Crippen LogP contribution < -0.4 is 0 Å². The van der Waals surface area contributed by atoms with Crippen LogP contribution in [0.3, 0.4) is 0 Å². The molecule has 0 bridgehead atoms. The summed E-state index contributed by atoms with van der Waals surface area (Å²) < 4.78 is 59.8. The number of benzene rings is 1. The molecule has 2 aliphatic rings. The van der Waals surface area contributed by atoms with Gasteiger partial charge in [0.2, 0.25) is 0 Å². The van der Waals surface area contributed by atoms with Gasteiger partial charge in [0.05, 0.1) is 27.4 Å². The molecule has 0 amide bonds. The van der Waals surface area contributed by atoms with Gasteiger partial charge in [0.15, 0.2) is 30.9 Å². The molecule has 2 fully saturated rings. The Labute approximate surface area is 258 Å². The van der Waals surface area contributed by atoms with E-state index in [1.54, 1.807) is 24.3 Å². The summed E-state index contributed by atoms with van der Waals surface area (Å²) in [5, 5.41) is 21.0. The van der Waals surface area contributed by atoms with E-state index in [4.69, 9.17) is 42.6 Å². The quantitative estimate of drug-likeness (QED) is 0.229. The maximum absolute atomic E-state index is 12.4. The van der Waals surface area contributed by atoms with Gasteiger partial charge < -0.3 is 62.3 Å². The first-order chi connectivity index (χ1) is 21.5. The van der Waals surface area contributed by atoms with Gasteiger partial charge in [-0.15, -0.1) is 0 Å². The monoisotopic (exact) mass is 646 g/mol. The Morgan fingerprint density at radius 3 is 1.93 bits per heavy atom. The van der Waals surface area contributed by atoms with E-state index in [0.717, 1.165) is 33.6 Å². The Balaban J connectivity index is 2.05. The molecule has 0 spiro atoms. The number of hydrogen-bond acceptors (Lipinski definition) is 17. The maximum Gasteiger partial charge on any atom is 0.508 e. The molecule has 0 aromatic heterocycles. The van der Waals surface area contributed by atoms with Crippen molar-refractivity contribution in [2.75, 3.05) is 34.5 Å². The minimum Gasteiger partial charge on any atom is -0.463 e. The molecule has 252 valence electrons. The van der Waals surface area contributed by atoms with Crippen LogP contribution in [-0.2, 0) is 68.3 Å². The van der Waals surface area contributed by atoms with Gasteiger partial charge in [-0.25, -0.2) is 9.59 Å². The van der Waals surface area contributed by atoms with E-state index in [2.05, 4.69) is 9.47 Å². The molecule has 17 heteroatoms. The number of aliphatic hydroxyl groups excluding tert-OH is 2. The van der Waals surface area contributed by atoms with Crippen molar-refractivity contribution in [2.45, 2.75) is 81.9 Å². The first-order valence-electron chi connectivity index (χ1n) is 13.8. The lowest BCUT2D eigenvalue weighted by molar-refractivity contribution is -0.368. The molecule has 1 aromatic carbocycles. The van der Waals surface area contributed by atoms with E-state index in [1.165, 1.54) is 7.11 Å². The van der Waals surface area contributed by atoms with Crippen LogP contribution in [0, 0.1) is 0 Å². The highest BCUT2D eigenvalue weighted by molar-refractivity contribution is 5.67. The van der Waals surface area contributed by atoms with Crippen molar-refractivity contribution < 1.29 is 81.5 Å². The van der Waals surface area contributed by atoms with Gasteiger partial charge >= 0.3 is 24.2 Å². The zero-order chi connectivity index (χ0) is 33.1. The molecule has 2 N–H and O–H groups in total. The molecule has 2 saturated heterocycles. The molecule has 0 aliphatic carbocycles. The lowest BCUT2D eigenvalue weighted by Crippen LogP contribution is -2.66. The lowest BCUT2D eigenvalue weighted by atomic mass is 9.96. The molecular weight excluding hydrogens is 608 g/mol. The minimum absolute atomic E-state index is 0.0116. The van der Waals surface area contributed by atoms with Gasteiger partial charge in [-0.05, 0) is 5.56 Å². The van der Waals surface area contributed by atoms with E-state index in [1.807, 2.05) is 6.07 Å². The van der Waals surface area contributed by atoms with E-state index in [0.29, 0.717) is 0 Å². The normalized spacial score (nSPS) is 31.3. The third-order valence-corrected chi connectivity index (χ3v) is 6.75. The minimum atomic E-state index is -1.73. The van der Waals surface area contributed by atoms with E-state index in [9.17, 15) is 29.4 Å². The molecule has 3 rings (SSSR count). The van der Waals surface area contributed by atoms with Crippen molar-refractivity contribution >= 4 is 24.2 Å². The van der Waals surface area contributed by atoms with Crippen molar-refractivity contribution in [3.05, 3.63) is 35.9 Å². The average molecular weight is 647 g/mol. The number of methoxy groups -OCH3 is 3. The van der Waals surface area contributed by atoms with Gasteiger partial charge in [-0.3, -0.25) is 9.59 Å². The fraction of sp³-hybridized carbons (Fsp3) is 0.643. The number of ether oxygens (including phenoxy) is 11. The van der Waals surface area contributed by atoms with Crippen LogP contribution in [-0.4, -0.2) is 130 Å². The highest BCUT2D eigenvalue weighted by atomic mass is 16.8. The Morgan fingerprint density at radius 1 is 0.756 bits per heavy atom. The maximum atomic E-state index is 12.4. The van der Waals surface area contributed by atoms with Crippen molar-refractivity contribution in [1.29, 1.82) is 0 Å². The summed E-state index contributed by atoms with van der Waals surface area (Å²) in [4.78, 5) is 48.4. The largest absolute Gasteiger partial charge is 0.508 e. The highest BCUT2D eigenvalue weighted by Gasteiger charge is 2.56. The Hall–Kier alpha value is -3.58. The van der Waals surface area contributed by atoms with E-state index < -0.39 is 98.9 Å². The van der Waals surface area contributed by atoms with Crippen LogP contribution in [0.25, 0.3) is 0 Å². The third kappa shape index (κ3) is 9.70. The summed E-state index contributed by atoms with van der Waals surface area (Å²) in [5.74, 6) is -1.57. The number of aliphatic hydroxyl groups is 2. The van der Waals surface area contributed by atoms with Crippen molar-refractivity contribution in [1.82, 2.24) is 0 Å². The number of carbonyl (C=O) groups excluding carboxylic acids is 4. The molecule has 2 heterocycles.